The number of halogens is 1. The van der Waals surface area contributed by atoms with Crippen molar-refractivity contribution in [1.82, 2.24) is 4.98 Å². The molecule has 2 heterocycles. The minimum atomic E-state index is -3.33. The highest BCUT2D eigenvalue weighted by Crippen LogP contribution is 2.23. The van der Waals surface area contributed by atoms with Gasteiger partial charge in [0.25, 0.3) is 0 Å². The second-order valence-corrected chi connectivity index (χ2v) is 6.91. The second-order valence-electron chi connectivity index (χ2n) is 4.20. The number of rotatable bonds is 2. The van der Waals surface area contributed by atoms with E-state index in [0.29, 0.717) is 23.6 Å². The number of carbonyl (C=O) groups excluding carboxylic acids is 1. The Bertz CT molecular complexity index is 559. The van der Waals surface area contributed by atoms with Crippen molar-refractivity contribution in [3.8, 4) is 0 Å². The van der Waals surface area contributed by atoms with E-state index in [1.807, 2.05) is 0 Å². The molecule has 1 amide bonds. The summed E-state index contributed by atoms with van der Waals surface area (Å²) in [5, 5.41) is 1.89. The van der Waals surface area contributed by atoms with E-state index >= 15 is 0 Å². The molecule has 0 aliphatic carbocycles. The molecule has 1 N–H and O–H groups in total. The number of aromatic nitrogens is 1. The molecule has 1 aliphatic rings. The van der Waals surface area contributed by atoms with E-state index in [1.165, 1.54) is 18.5 Å². The Hall–Kier alpha value is -1.14. The zero-order valence-electron chi connectivity index (χ0n) is 9.60. The van der Waals surface area contributed by atoms with Gasteiger partial charge >= 0.3 is 0 Å². The van der Waals surface area contributed by atoms with E-state index in [1.54, 1.807) is 0 Å². The molecule has 0 bridgehead atoms. The maximum absolute atomic E-state index is 12.0. The molecule has 7 heteroatoms. The molecule has 98 valence electrons. The minimum Gasteiger partial charge on any atom is -0.322 e. The minimum absolute atomic E-state index is 0.0753. The van der Waals surface area contributed by atoms with E-state index in [9.17, 15) is 13.2 Å². The highest BCUT2D eigenvalue weighted by Gasteiger charge is 2.34. The number of sulfone groups is 1. The first-order valence-corrected chi connectivity index (χ1v) is 7.72. The van der Waals surface area contributed by atoms with E-state index in [-0.39, 0.29) is 5.75 Å². The van der Waals surface area contributed by atoms with Gasteiger partial charge in [0.1, 0.15) is 5.25 Å². The molecule has 1 aliphatic heterocycles. The number of anilines is 1. The van der Waals surface area contributed by atoms with Crippen LogP contribution in [0.25, 0.3) is 0 Å². The quantitative estimate of drug-likeness (QED) is 0.897. The summed E-state index contributed by atoms with van der Waals surface area (Å²) in [5.41, 5.74) is 0.338. The third kappa shape index (κ3) is 2.81. The predicted molar refractivity (Wildman–Crippen MR) is 69.3 cm³/mol. The van der Waals surface area contributed by atoms with Crippen LogP contribution in [0.4, 0.5) is 5.69 Å². The molecule has 0 saturated carbocycles. The van der Waals surface area contributed by atoms with Crippen LogP contribution in [0.1, 0.15) is 19.3 Å². The molecule has 1 unspecified atom stereocenters. The lowest BCUT2D eigenvalue weighted by Gasteiger charge is -2.21. The smallest absolute Gasteiger partial charge is 0.242 e. The zero-order chi connectivity index (χ0) is 13.2. The molecule has 2 rings (SSSR count). The van der Waals surface area contributed by atoms with Gasteiger partial charge in [-0.05, 0) is 18.9 Å². The van der Waals surface area contributed by atoms with Crippen molar-refractivity contribution in [3.63, 3.8) is 0 Å². The fraction of sp³-hybridized carbons (Fsp3) is 0.455. The fourth-order valence-electron chi connectivity index (χ4n) is 1.93. The van der Waals surface area contributed by atoms with Crippen molar-refractivity contribution in [2.24, 2.45) is 0 Å². The van der Waals surface area contributed by atoms with Crippen LogP contribution >= 0.6 is 11.6 Å². The molecule has 1 aromatic heterocycles. The van der Waals surface area contributed by atoms with Gasteiger partial charge in [0.15, 0.2) is 9.84 Å². The standard InChI is InChI=1S/C11H13ClN2O3S/c12-8-4-5-13-7-9(8)14-11(15)10-3-1-2-6-18(10,16)17/h4-5,7,10H,1-3,6H2,(H,14,15). The van der Waals surface area contributed by atoms with E-state index in [2.05, 4.69) is 10.3 Å². The maximum atomic E-state index is 12.0. The topological polar surface area (TPSA) is 76.1 Å². The third-order valence-corrected chi connectivity index (χ3v) is 5.40. The Morgan fingerprint density at radius 1 is 1.44 bits per heavy atom. The summed E-state index contributed by atoms with van der Waals surface area (Å²) in [6, 6.07) is 1.53. The van der Waals surface area contributed by atoms with Crippen LogP contribution in [0.2, 0.25) is 5.02 Å². The van der Waals surface area contributed by atoms with Crippen molar-refractivity contribution in [2.45, 2.75) is 24.5 Å². The zero-order valence-corrected chi connectivity index (χ0v) is 11.2. The first-order valence-electron chi connectivity index (χ1n) is 5.62. The van der Waals surface area contributed by atoms with Gasteiger partial charge in [-0.1, -0.05) is 18.0 Å². The number of amides is 1. The second kappa shape index (κ2) is 5.24. The van der Waals surface area contributed by atoms with Crippen LogP contribution in [0.15, 0.2) is 18.5 Å². The molecule has 1 fully saturated rings. The molecule has 0 radical (unpaired) electrons. The van der Waals surface area contributed by atoms with Gasteiger partial charge in [0.2, 0.25) is 5.91 Å². The number of nitrogens with zero attached hydrogens (tertiary/aromatic N) is 1. The van der Waals surface area contributed by atoms with Gasteiger partial charge in [-0.2, -0.15) is 0 Å². The summed E-state index contributed by atoms with van der Waals surface area (Å²) < 4.78 is 23.6. The Labute approximate surface area is 110 Å². The molecule has 1 saturated heterocycles. The monoisotopic (exact) mass is 288 g/mol. The Balaban J connectivity index is 2.15. The molecule has 1 aromatic rings. The number of hydrogen-bond acceptors (Lipinski definition) is 4. The van der Waals surface area contributed by atoms with Gasteiger partial charge < -0.3 is 5.32 Å². The molecular weight excluding hydrogens is 276 g/mol. The lowest BCUT2D eigenvalue weighted by molar-refractivity contribution is -0.116. The molecule has 5 nitrogen and oxygen atoms in total. The first kappa shape index (κ1) is 13.3. The van der Waals surface area contributed by atoms with Crippen LogP contribution in [0, 0.1) is 0 Å². The van der Waals surface area contributed by atoms with Gasteiger partial charge in [-0.25, -0.2) is 8.42 Å². The highest BCUT2D eigenvalue weighted by atomic mass is 35.5. The number of nitrogens with one attached hydrogen (secondary N) is 1. The summed E-state index contributed by atoms with van der Waals surface area (Å²) in [5.74, 6) is -0.448. The normalized spacial score (nSPS) is 22.4. The average molecular weight is 289 g/mol. The Morgan fingerprint density at radius 2 is 2.22 bits per heavy atom. The number of pyridine rings is 1. The molecule has 1 atom stereocenters. The van der Waals surface area contributed by atoms with Crippen molar-refractivity contribution in [1.29, 1.82) is 0 Å². The predicted octanol–water partition coefficient (Wildman–Crippen LogP) is 1.64. The Morgan fingerprint density at radius 3 is 2.89 bits per heavy atom. The van der Waals surface area contributed by atoms with Crippen molar-refractivity contribution in [3.05, 3.63) is 23.5 Å². The lowest BCUT2D eigenvalue weighted by Crippen LogP contribution is -2.39. The molecule has 0 spiro atoms. The van der Waals surface area contributed by atoms with Gasteiger partial charge in [0, 0.05) is 6.20 Å². The number of carbonyl (C=O) groups is 1. The summed E-state index contributed by atoms with van der Waals surface area (Å²) in [6.45, 7) is 0. The largest absolute Gasteiger partial charge is 0.322 e. The van der Waals surface area contributed by atoms with Crippen LogP contribution in [0.3, 0.4) is 0 Å². The van der Waals surface area contributed by atoms with Crippen LogP contribution < -0.4 is 5.32 Å². The molecule has 0 aromatic carbocycles. The summed E-state index contributed by atoms with van der Waals surface area (Å²) >= 11 is 5.87. The van der Waals surface area contributed by atoms with Crippen LogP contribution in [0.5, 0.6) is 0 Å². The molecular formula is C11H13ClN2O3S. The van der Waals surface area contributed by atoms with Crippen LogP contribution in [-0.4, -0.2) is 30.3 Å². The summed E-state index contributed by atoms with van der Waals surface area (Å²) in [4.78, 5) is 15.8. The summed E-state index contributed by atoms with van der Waals surface area (Å²) in [7, 11) is -3.33. The van der Waals surface area contributed by atoms with E-state index in [0.717, 1.165) is 6.42 Å². The SMILES string of the molecule is O=C(Nc1cnccc1Cl)C1CCCCS1(=O)=O. The van der Waals surface area contributed by atoms with Gasteiger partial charge in [-0.3, -0.25) is 9.78 Å². The molecule has 18 heavy (non-hydrogen) atoms. The Kier molecular flexibility index (Phi) is 3.87. The van der Waals surface area contributed by atoms with Gasteiger partial charge in [-0.15, -0.1) is 0 Å². The fourth-order valence-corrected chi connectivity index (χ4v) is 3.89. The van der Waals surface area contributed by atoms with Crippen molar-refractivity contribution < 1.29 is 13.2 Å². The van der Waals surface area contributed by atoms with E-state index in [4.69, 9.17) is 11.6 Å². The van der Waals surface area contributed by atoms with E-state index < -0.39 is 21.0 Å². The first-order chi connectivity index (χ1) is 8.50. The summed E-state index contributed by atoms with van der Waals surface area (Å²) in [6.07, 6.45) is 4.63. The maximum Gasteiger partial charge on any atom is 0.242 e. The van der Waals surface area contributed by atoms with Crippen molar-refractivity contribution >= 4 is 33.0 Å². The highest BCUT2D eigenvalue weighted by molar-refractivity contribution is 7.92. The van der Waals surface area contributed by atoms with Crippen LogP contribution in [-0.2, 0) is 14.6 Å². The third-order valence-electron chi connectivity index (χ3n) is 2.90. The lowest BCUT2D eigenvalue weighted by atomic mass is 10.2. The average Bonchev–Trinajstić information content (AvgIpc) is 2.31. The number of hydrogen-bond donors (Lipinski definition) is 1. The van der Waals surface area contributed by atoms with Gasteiger partial charge in [0.05, 0.1) is 22.7 Å². The van der Waals surface area contributed by atoms with Crippen molar-refractivity contribution in [2.75, 3.05) is 11.1 Å².